The maximum atomic E-state index is 14.9. The number of imidazole rings is 1. The van der Waals surface area contributed by atoms with Crippen LogP contribution < -0.4 is 16.4 Å². The van der Waals surface area contributed by atoms with Gasteiger partial charge in [0, 0.05) is 36.9 Å². The fraction of sp³-hybridized carbons (Fsp3) is 0.304. The molecule has 3 heterocycles. The van der Waals surface area contributed by atoms with Gasteiger partial charge in [-0.15, -0.1) is 0 Å². The highest BCUT2D eigenvalue weighted by molar-refractivity contribution is 5.96. The van der Waals surface area contributed by atoms with E-state index in [-0.39, 0.29) is 41.0 Å². The predicted octanol–water partition coefficient (Wildman–Crippen LogP) is 4.14. The molecule has 0 saturated heterocycles. The van der Waals surface area contributed by atoms with E-state index in [1.165, 1.54) is 29.8 Å². The predicted molar refractivity (Wildman–Crippen MR) is 126 cm³/mol. The van der Waals surface area contributed by atoms with Gasteiger partial charge in [-0.05, 0) is 31.5 Å². The van der Waals surface area contributed by atoms with Crippen LogP contribution in [0.25, 0.3) is 16.9 Å². The molecule has 0 bridgehead atoms. The molecule has 4 aromatic rings. The average molecular weight is 540 g/mol. The Hall–Kier alpha value is -4.14. The van der Waals surface area contributed by atoms with E-state index in [4.69, 9.17) is 5.73 Å². The zero-order valence-corrected chi connectivity index (χ0v) is 20.0. The van der Waals surface area contributed by atoms with Crippen LogP contribution in [0.3, 0.4) is 0 Å². The Morgan fingerprint density at radius 3 is 2.58 bits per heavy atom. The van der Waals surface area contributed by atoms with Gasteiger partial charge in [-0.1, -0.05) is 0 Å². The average Bonchev–Trinajstić information content (AvgIpc) is 3.42. The minimum atomic E-state index is -4.91. The Balaban J connectivity index is 1.70. The van der Waals surface area contributed by atoms with Gasteiger partial charge in [-0.2, -0.15) is 18.3 Å². The number of halogens is 6. The molecule has 9 nitrogen and oxygen atoms in total. The molecule has 3 aromatic heterocycles. The highest BCUT2D eigenvalue weighted by Crippen LogP contribution is 2.37. The number of nitrogens with two attached hydrogens (primary N) is 1. The number of rotatable bonds is 8. The lowest BCUT2D eigenvalue weighted by Gasteiger charge is -2.15. The third-order valence-electron chi connectivity index (χ3n) is 5.57. The Labute approximate surface area is 211 Å². The van der Waals surface area contributed by atoms with Crippen molar-refractivity contribution in [1.82, 2.24) is 29.5 Å². The summed E-state index contributed by atoms with van der Waals surface area (Å²) in [6, 6.07) is 2.20. The van der Waals surface area contributed by atoms with Crippen molar-refractivity contribution in [3.63, 3.8) is 0 Å². The second kappa shape index (κ2) is 10.3. The van der Waals surface area contributed by atoms with Gasteiger partial charge in [0.1, 0.15) is 12.4 Å². The molecule has 0 aliphatic carbocycles. The number of carbonyl (C=O) groups excluding carboxylic acids is 1. The van der Waals surface area contributed by atoms with Crippen molar-refractivity contribution in [3.8, 4) is 11.3 Å². The number of fused-ring (bicyclic) bond motifs is 1. The number of carbonyl (C=O) groups is 1. The summed E-state index contributed by atoms with van der Waals surface area (Å²) < 4.78 is 83.1. The number of aromatic nitrogens is 5. The molecule has 1 unspecified atom stereocenters. The Bertz CT molecular complexity index is 1460. The topological polar surface area (TPSA) is 115 Å². The fourth-order valence-electron chi connectivity index (χ4n) is 3.86. The van der Waals surface area contributed by atoms with Crippen molar-refractivity contribution >= 4 is 23.1 Å². The van der Waals surface area contributed by atoms with Crippen LogP contribution >= 0.6 is 0 Å². The standard InChI is InChI=1S/C23H22F6N8O/c1-11-5-13(6-15(24)18(11)22(38)33-12(2)7-30)34-20-21-32-8-16(37(21)4-3-31-20)14-9-36(10-17(25)26)35-19(14)23(27,28)29/h3-6,8-9,12,17H,7,10,30H2,1-2H3,(H,31,34)(H,33,38). The van der Waals surface area contributed by atoms with Gasteiger partial charge in [-0.3, -0.25) is 13.9 Å². The molecule has 1 amide bonds. The summed E-state index contributed by atoms with van der Waals surface area (Å²) in [6.45, 7) is 2.37. The van der Waals surface area contributed by atoms with Crippen LogP contribution in [0, 0.1) is 12.7 Å². The van der Waals surface area contributed by atoms with Crippen LogP contribution in [0.1, 0.15) is 28.5 Å². The van der Waals surface area contributed by atoms with Crippen molar-refractivity contribution in [2.45, 2.75) is 39.0 Å². The molecule has 4 rings (SSSR count). The number of amides is 1. The molecule has 0 radical (unpaired) electrons. The van der Waals surface area contributed by atoms with E-state index in [9.17, 15) is 31.1 Å². The minimum Gasteiger partial charge on any atom is -0.348 e. The molecule has 1 aromatic carbocycles. The molecule has 0 spiro atoms. The zero-order chi connectivity index (χ0) is 27.8. The number of nitrogens with zero attached hydrogens (tertiary/aromatic N) is 5. The molecule has 38 heavy (non-hydrogen) atoms. The molecule has 202 valence electrons. The quantitative estimate of drug-likeness (QED) is 0.290. The number of anilines is 2. The van der Waals surface area contributed by atoms with Gasteiger partial charge in [-0.25, -0.2) is 23.1 Å². The molecule has 15 heteroatoms. The van der Waals surface area contributed by atoms with E-state index >= 15 is 0 Å². The van der Waals surface area contributed by atoms with Gasteiger partial charge < -0.3 is 16.4 Å². The van der Waals surface area contributed by atoms with Gasteiger partial charge in [0.2, 0.25) is 0 Å². The lowest BCUT2D eigenvalue weighted by molar-refractivity contribution is -0.141. The summed E-state index contributed by atoms with van der Waals surface area (Å²) >= 11 is 0. The van der Waals surface area contributed by atoms with Gasteiger partial charge in [0.05, 0.1) is 23.0 Å². The molecule has 4 N–H and O–H groups in total. The van der Waals surface area contributed by atoms with Gasteiger partial charge in [0.15, 0.2) is 17.2 Å². The Morgan fingerprint density at radius 2 is 1.95 bits per heavy atom. The van der Waals surface area contributed by atoms with Crippen LogP contribution in [-0.4, -0.2) is 49.1 Å². The summed E-state index contributed by atoms with van der Waals surface area (Å²) in [5.41, 5.74) is 4.06. The number of aryl methyl sites for hydroxylation is 1. The lowest BCUT2D eigenvalue weighted by Crippen LogP contribution is -2.38. The van der Waals surface area contributed by atoms with E-state index in [1.807, 2.05) is 0 Å². The first-order valence-electron chi connectivity index (χ1n) is 11.2. The normalized spacial score (nSPS) is 12.8. The zero-order valence-electron chi connectivity index (χ0n) is 20.0. The first-order valence-corrected chi connectivity index (χ1v) is 11.2. The number of hydrogen-bond acceptors (Lipinski definition) is 6. The van der Waals surface area contributed by atoms with Gasteiger partial charge in [0.25, 0.3) is 12.3 Å². The SMILES string of the molecule is Cc1cc(Nc2nccn3c(-c4cn(CC(F)F)nc4C(F)(F)F)cnc23)cc(F)c1C(=O)NC(C)CN. The maximum absolute atomic E-state index is 14.9. The first-order chi connectivity index (χ1) is 17.9. The Kier molecular flexibility index (Phi) is 7.31. The van der Waals surface area contributed by atoms with E-state index < -0.39 is 42.1 Å². The second-order valence-electron chi connectivity index (χ2n) is 8.50. The number of nitrogens with one attached hydrogen (secondary N) is 2. The van der Waals surface area contributed by atoms with Crippen molar-refractivity contribution in [2.75, 3.05) is 11.9 Å². The fourth-order valence-corrected chi connectivity index (χ4v) is 3.86. The summed E-state index contributed by atoms with van der Waals surface area (Å²) in [4.78, 5) is 20.7. The number of hydrogen-bond donors (Lipinski definition) is 3. The molecular weight excluding hydrogens is 518 g/mol. The summed E-state index contributed by atoms with van der Waals surface area (Å²) in [5.74, 6) is -1.37. The molecule has 1 atom stereocenters. The third kappa shape index (κ3) is 5.41. The van der Waals surface area contributed by atoms with Gasteiger partial charge >= 0.3 is 6.18 Å². The van der Waals surface area contributed by atoms with Crippen LogP contribution in [0.4, 0.5) is 37.8 Å². The van der Waals surface area contributed by atoms with Crippen molar-refractivity contribution in [1.29, 1.82) is 0 Å². The summed E-state index contributed by atoms with van der Waals surface area (Å²) in [7, 11) is 0. The molecule has 0 fully saturated rings. The Morgan fingerprint density at radius 1 is 1.21 bits per heavy atom. The maximum Gasteiger partial charge on any atom is 0.435 e. The van der Waals surface area contributed by atoms with Crippen LogP contribution in [0.2, 0.25) is 0 Å². The van der Waals surface area contributed by atoms with E-state index in [0.717, 1.165) is 18.5 Å². The summed E-state index contributed by atoms with van der Waals surface area (Å²) in [6.07, 6.45) is -3.20. The largest absolute Gasteiger partial charge is 0.435 e. The van der Waals surface area contributed by atoms with Crippen molar-refractivity contribution < 1.29 is 31.1 Å². The van der Waals surface area contributed by atoms with E-state index in [0.29, 0.717) is 10.2 Å². The number of benzene rings is 1. The molecular formula is C23H22F6N8O. The molecule has 0 saturated carbocycles. The smallest absolute Gasteiger partial charge is 0.348 e. The van der Waals surface area contributed by atoms with Crippen LogP contribution in [0.5, 0.6) is 0 Å². The second-order valence-corrected chi connectivity index (χ2v) is 8.50. The monoisotopic (exact) mass is 540 g/mol. The van der Waals surface area contributed by atoms with E-state index in [1.54, 1.807) is 6.92 Å². The molecule has 0 aliphatic rings. The van der Waals surface area contributed by atoms with Crippen LogP contribution in [0.15, 0.2) is 36.9 Å². The van der Waals surface area contributed by atoms with Crippen molar-refractivity contribution in [2.24, 2.45) is 5.73 Å². The lowest BCUT2D eigenvalue weighted by atomic mass is 10.1. The highest BCUT2D eigenvalue weighted by Gasteiger charge is 2.38. The third-order valence-corrected chi connectivity index (χ3v) is 5.57. The van der Waals surface area contributed by atoms with E-state index in [2.05, 4.69) is 25.7 Å². The number of alkyl halides is 5. The van der Waals surface area contributed by atoms with Crippen LogP contribution in [-0.2, 0) is 12.7 Å². The molecule has 0 aliphatic heterocycles. The van der Waals surface area contributed by atoms with Crippen molar-refractivity contribution in [3.05, 3.63) is 59.6 Å². The first kappa shape index (κ1) is 26.9. The minimum absolute atomic E-state index is 0.0679. The highest BCUT2D eigenvalue weighted by atomic mass is 19.4. The summed E-state index contributed by atoms with van der Waals surface area (Å²) in [5, 5.41) is 8.74.